The highest BCUT2D eigenvalue weighted by Crippen LogP contribution is 2.27. The summed E-state index contributed by atoms with van der Waals surface area (Å²) >= 11 is 0. The van der Waals surface area contributed by atoms with Crippen molar-refractivity contribution in [3.63, 3.8) is 0 Å². The summed E-state index contributed by atoms with van der Waals surface area (Å²) < 4.78 is 3.40. The van der Waals surface area contributed by atoms with Gasteiger partial charge in [0.1, 0.15) is 12.9 Å². The Morgan fingerprint density at radius 2 is 2.08 bits per heavy atom. The summed E-state index contributed by atoms with van der Waals surface area (Å²) in [7, 11) is 0. The standard InChI is InChI=1S/C16H17N7O/c24-16(10-22-11-18-20-21-22)17-9-14-13-7-4-8-15(13)23(19-14)12-5-2-1-3-6-12/h1-3,5-6,11H,4,7-10H2,(H,17,24). The number of tetrazole rings is 1. The van der Waals surface area contributed by atoms with Gasteiger partial charge < -0.3 is 5.32 Å². The van der Waals surface area contributed by atoms with Crippen LogP contribution >= 0.6 is 0 Å². The van der Waals surface area contributed by atoms with Crippen molar-refractivity contribution in [1.82, 2.24) is 35.3 Å². The lowest BCUT2D eigenvalue weighted by atomic mass is 10.2. The van der Waals surface area contributed by atoms with Gasteiger partial charge in [-0.25, -0.2) is 9.36 Å². The molecule has 1 aliphatic rings. The SMILES string of the molecule is O=C(Cn1cnnn1)NCc1nn(-c2ccccc2)c2c1CCC2. The molecule has 2 heterocycles. The van der Waals surface area contributed by atoms with Crippen molar-refractivity contribution in [1.29, 1.82) is 0 Å². The Balaban J connectivity index is 1.51. The second-order valence-electron chi connectivity index (χ2n) is 5.76. The first-order valence-corrected chi connectivity index (χ1v) is 7.94. The van der Waals surface area contributed by atoms with Crippen LogP contribution in [0.2, 0.25) is 0 Å². The number of hydrogen-bond acceptors (Lipinski definition) is 5. The van der Waals surface area contributed by atoms with Crippen molar-refractivity contribution >= 4 is 5.91 Å². The van der Waals surface area contributed by atoms with Crippen molar-refractivity contribution < 1.29 is 4.79 Å². The minimum Gasteiger partial charge on any atom is -0.349 e. The maximum absolute atomic E-state index is 12.0. The molecule has 24 heavy (non-hydrogen) atoms. The molecule has 122 valence electrons. The predicted molar refractivity (Wildman–Crippen MR) is 85.3 cm³/mol. The number of carbonyl (C=O) groups is 1. The highest BCUT2D eigenvalue weighted by molar-refractivity contribution is 5.75. The first kappa shape index (κ1) is 14.6. The van der Waals surface area contributed by atoms with Gasteiger partial charge in [0.25, 0.3) is 0 Å². The number of para-hydroxylation sites is 1. The second-order valence-corrected chi connectivity index (χ2v) is 5.76. The molecule has 0 saturated heterocycles. The van der Waals surface area contributed by atoms with E-state index in [0.717, 1.165) is 30.6 Å². The monoisotopic (exact) mass is 323 g/mol. The fourth-order valence-electron chi connectivity index (χ4n) is 3.08. The Hall–Kier alpha value is -3.03. The number of benzene rings is 1. The quantitative estimate of drug-likeness (QED) is 0.745. The maximum atomic E-state index is 12.0. The van der Waals surface area contributed by atoms with Crippen LogP contribution in [0.4, 0.5) is 0 Å². The normalized spacial score (nSPS) is 13.0. The van der Waals surface area contributed by atoms with Gasteiger partial charge in [0, 0.05) is 5.69 Å². The fraction of sp³-hybridized carbons (Fsp3) is 0.312. The molecule has 1 aromatic carbocycles. The molecule has 0 atom stereocenters. The van der Waals surface area contributed by atoms with E-state index in [9.17, 15) is 4.79 Å². The van der Waals surface area contributed by atoms with Gasteiger partial charge in [0.05, 0.1) is 17.9 Å². The minimum atomic E-state index is -0.136. The second kappa shape index (κ2) is 6.23. The van der Waals surface area contributed by atoms with E-state index in [1.54, 1.807) is 0 Å². The molecule has 1 amide bonds. The smallest absolute Gasteiger partial charge is 0.242 e. The van der Waals surface area contributed by atoms with Crippen molar-refractivity contribution in [2.75, 3.05) is 0 Å². The van der Waals surface area contributed by atoms with Gasteiger partial charge in [-0.2, -0.15) is 5.10 Å². The zero-order valence-electron chi connectivity index (χ0n) is 13.1. The third-order valence-electron chi connectivity index (χ3n) is 4.16. The molecule has 8 heteroatoms. The van der Waals surface area contributed by atoms with Crippen LogP contribution in [0.25, 0.3) is 5.69 Å². The van der Waals surface area contributed by atoms with Crippen LogP contribution in [0, 0.1) is 0 Å². The molecule has 0 fully saturated rings. The Labute approximate surface area is 138 Å². The lowest BCUT2D eigenvalue weighted by Crippen LogP contribution is -2.28. The summed E-state index contributed by atoms with van der Waals surface area (Å²) in [5.41, 5.74) is 4.52. The Bertz CT molecular complexity index is 839. The summed E-state index contributed by atoms with van der Waals surface area (Å²) in [6.07, 6.45) is 4.59. The van der Waals surface area contributed by atoms with Crippen LogP contribution in [0.1, 0.15) is 23.4 Å². The highest BCUT2D eigenvalue weighted by Gasteiger charge is 2.23. The third kappa shape index (κ3) is 2.78. The van der Waals surface area contributed by atoms with Gasteiger partial charge in [-0.05, 0) is 47.4 Å². The van der Waals surface area contributed by atoms with Crippen molar-refractivity contribution in [3.05, 3.63) is 53.6 Å². The van der Waals surface area contributed by atoms with Crippen LogP contribution in [0.15, 0.2) is 36.7 Å². The molecular weight excluding hydrogens is 306 g/mol. The lowest BCUT2D eigenvalue weighted by Gasteiger charge is -2.05. The molecule has 1 N–H and O–H groups in total. The molecular formula is C16H17N7O. The number of nitrogens with zero attached hydrogens (tertiary/aromatic N) is 6. The fourth-order valence-corrected chi connectivity index (χ4v) is 3.08. The predicted octanol–water partition coefficient (Wildman–Crippen LogP) is 0.664. The first-order valence-electron chi connectivity index (χ1n) is 7.94. The van der Waals surface area contributed by atoms with E-state index in [4.69, 9.17) is 5.10 Å². The maximum Gasteiger partial charge on any atom is 0.242 e. The zero-order valence-corrected chi connectivity index (χ0v) is 13.1. The number of aromatic nitrogens is 6. The van der Waals surface area contributed by atoms with Gasteiger partial charge >= 0.3 is 0 Å². The zero-order chi connectivity index (χ0) is 16.4. The molecule has 0 bridgehead atoms. The van der Waals surface area contributed by atoms with Crippen LogP contribution in [0.5, 0.6) is 0 Å². The molecule has 4 rings (SSSR count). The van der Waals surface area contributed by atoms with Crippen molar-refractivity contribution in [2.24, 2.45) is 0 Å². The molecule has 8 nitrogen and oxygen atoms in total. The van der Waals surface area contributed by atoms with E-state index in [1.165, 1.54) is 22.3 Å². The number of amides is 1. The molecule has 2 aromatic heterocycles. The van der Waals surface area contributed by atoms with E-state index in [-0.39, 0.29) is 12.5 Å². The van der Waals surface area contributed by atoms with Crippen LogP contribution in [-0.2, 0) is 30.7 Å². The van der Waals surface area contributed by atoms with Crippen molar-refractivity contribution in [3.8, 4) is 5.69 Å². The molecule has 3 aromatic rings. The molecule has 0 unspecified atom stereocenters. The summed E-state index contributed by atoms with van der Waals surface area (Å²) in [5.74, 6) is -0.136. The molecule has 0 radical (unpaired) electrons. The number of nitrogens with one attached hydrogen (secondary N) is 1. The number of hydrogen-bond donors (Lipinski definition) is 1. The number of rotatable bonds is 5. The van der Waals surface area contributed by atoms with E-state index >= 15 is 0 Å². The van der Waals surface area contributed by atoms with Crippen molar-refractivity contribution in [2.45, 2.75) is 32.4 Å². The Kier molecular flexibility index (Phi) is 3.78. The Morgan fingerprint density at radius 1 is 1.21 bits per heavy atom. The van der Waals surface area contributed by atoms with Gasteiger partial charge in [-0.3, -0.25) is 4.79 Å². The molecule has 1 aliphatic carbocycles. The highest BCUT2D eigenvalue weighted by atomic mass is 16.2. The number of fused-ring (bicyclic) bond motifs is 1. The van der Waals surface area contributed by atoms with Gasteiger partial charge in [-0.15, -0.1) is 5.10 Å². The molecule has 0 aliphatic heterocycles. The topological polar surface area (TPSA) is 90.5 Å². The summed E-state index contributed by atoms with van der Waals surface area (Å²) in [4.78, 5) is 12.0. The van der Waals surface area contributed by atoms with E-state index in [0.29, 0.717) is 6.54 Å². The third-order valence-corrected chi connectivity index (χ3v) is 4.16. The summed E-state index contributed by atoms with van der Waals surface area (Å²) in [6.45, 7) is 0.526. The minimum absolute atomic E-state index is 0.106. The molecule has 0 spiro atoms. The molecule has 0 saturated carbocycles. The average molecular weight is 323 g/mol. The first-order chi connectivity index (χ1) is 11.8. The summed E-state index contributed by atoms with van der Waals surface area (Å²) in [5, 5.41) is 18.3. The van der Waals surface area contributed by atoms with Gasteiger partial charge in [0.15, 0.2) is 0 Å². The van der Waals surface area contributed by atoms with Gasteiger partial charge in [0.2, 0.25) is 5.91 Å². The van der Waals surface area contributed by atoms with Gasteiger partial charge in [-0.1, -0.05) is 18.2 Å². The largest absolute Gasteiger partial charge is 0.349 e. The Morgan fingerprint density at radius 3 is 2.88 bits per heavy atom. The van der Waals surface area contributed by atoms with E-state index in [1.807, 2.05) is 35.0 Å². The summed E-state index contributed by atoms with van der Waals surface area (Å²) in [6, 6.07) is 10.1. The lowest BCUT2D eigenvalue weighted by molar-refractivity contribution is -0.122. The van der Waals surface area contributed by atoms with E-state index < -0.39 is 0 Å². The van der Waals surface area contributed by atoms with Crippen LogP contribution in [0.3, 0.4) is 0 Å². The van der Waals surface area contributed by atoms with Crippen LogP contribution in [-0.4, -0.2) is 35.9 Å². The number of carbonyl (C=O) groups excluding carboxylic acids is 1. The average Bonchev–Trinajstić information content (AvgIpc) is 3.32. The van der Waals surface area contributed by atoms with Crippen LogP contribution < -0.4 is 5.32 Å². The van der Waals surface area contributed by atoms with E-state index in [2.05, 4.69) is 20.8 Å².